The van der Waals surface area contributed by atoms with Crippen molar-refractivity contribution in [2.24, 2.45) is 4.99 Å². The minimum absolute atomic E-state index is 0.137. The summed E-state index contributed by atoms with van der Waals surface area (Å²) < 4.78 is 5.31. The number of aliphatic imine (C=N–C) groups is 1. The quantitative estimate of drug-likeness (QED) is 0.347. The maximum absolute atomic E-state index is 11.4. The van der Waals surface area contributed by atoms with Crippen LogP contribution in [0.3, 0.4) is 0 Å². The van der Waals surface area contributed by atoms with Gasteiger partial charge in [0.1, 0.15) is 5.75 Å². The van der Waals surface area contributed by atoms with Gasteiger partial charge < -0.3 is 20.7 Å². The Bertz CT molecular complexity index is 868. The third-order valence-corrected chi connectivity index (χ3v) is 5.05. The smallest absolute Gasteiger partial charge is 0.221 e. The zero-order valence-corrected chi connectivity index (χ0v) is 18.6. The van der Waals surface area contributed by atoms with Gasteiger partial charge in [-0.2, -0.15) is 0 Å². The average molecular weight is 415 g/mol. The molecule has 0 fully saturated rings. The van der Waals surface area contributed by atoms with E-state index in [-0.39, 0.29) is 5.91 Å². The van der Waals surface area contributed by atoms with Gasteiger partial charge in [0, 0.05) is 24.9 Å². The standard InChI is InChI=1S/C22H30N4O2S/c1-6-23-22(25-14-18-9-7-15(2)11-21(18)29-5)24-13-17-8-10-20(28-4)19(12-17)26-16(3)27/h7-12H,6,13-14H2,1-5H3,(H,26,27)(H2,23,24,25). The minimum atomic E-state index is -0.137. The molecule has 2 aromatic carbocycles. The molecule has 0 spiro atoms. The molecule has 0 saturated heterocycles. The van der Waals surface area contributed by atoms with Crippen molar-refractivity contribution in [3.63, 3.8) is 0 Å². The van der Waals surface area contributed by atoms with Crippen molar-refractivity contribution < 1.29 is 9.53 Å². The first-order valence-electron chi connectivity index (χ1n) is 9.57. The highest BCUT2D eigenvalue weighted by Gasteiger charge is 2.07. The Kier molecular flexibility index (Phi) is 8.86. The number of carbonyl (C=O) groups excluding carboxylic acids is 1. The number of hydrogen-bond acceptors (Lipinski definition) is 4. The van der Waals surface area contributed by atoms with Gasteiger partial charge in [0.15, 0.2) is 5.96 Å². The molecule has 0 aliphatic rings. The van der Waals surface area contributed by atoms with Crippen LogP contribution in [0.15, 0.2) is 46.3 Å². The van der Waals surface area contributed by atoms with Crippen LogP contribution in [-0.2, 0) is 17.9 Å². The largest absolute Gasteiger partial charge is 0.495 e. The maximum Gasteiger partial charge on any atom is 0.221 e. The number of benzene rings is 2. The Morgan fingerprint density at radius 2 is 1.97 bits per heavy atom. The molecule has 0 atom stereocenters. The lowest BCUT2D eigenvalue weighted by Crippen LogP contribution is -2.36. The number of thioether (sulfide) groups is 1. The zero-order chi connectivity index (χ0) is 21.2. The summed E-state index contributed by atoms with van der Waals surface area (Å²) in [5.41, 5.74) is 4.13. The number of aryl methyl sites for hydroxylation is 1. The number of guanidine groups is 1. The topological polar surface area (TPSA) is 74.8 Å². The van der Waals surface area contributed by atoms with E-state index in [1.165, 1.54) is 22.9 Å². The van der Waals surface area contributed by atoms with E-state index >= 15 is 0 Å². The van der Waals surface area contributed by atoms with Crippen molar-refractivity contribution in [1.29, 1.82) is 0 Å². The van der Waals surface area contributed by atoms with E-state index in [0.29, 0.717) is 24.5 Å². The highest BCUT2D eigenvalue weighted by Crippen LogP contribution is 2.26. The molecular formula is C22H30N4O2S. The monoisotopic (exact) mass is 414 g/mol. The van der Waals surface area contributed by atoms with Gasteiger partial charge in [0.05, 0.1) is 19.3 Å². The molecule has 0 radical (unpaired) electrons. The lowest BCUT2D eigenvalue weighted by molar-refractivity contribution is -0.114. The number of amides is 1. The van der Waals surface area contributed by atoms with Crippen LogP contribution in [0.4, 0.5) is 5.69 Å². The highest BCUT2D eigenvalue weighted by atomic mass is 32.2. The van der Waals surface area contributed by atoms with E-state index in [1.54, 1.807) is 18.9 Å². The number of carbonyl (C=O) groups is 1. The second-order valence-corrected chi connectivity index (χ2v) is 7.43. The summed E-state index contributed by atoms with van der Waals surface area (Å²) in [7, 11) is 1.58. The van der Waals surface area contributed by atoms with E-state index in [4.69, 9.17) is 4.74 Å². The summed E-state index contributed by atoms with van der Waals surface area (Å²) in [5, 5.41) is 9.48. The maximum atomic E-state index is 11.4. The number of methoxy groups -OCH3 is 1. The van der Waals surface area contributed by atoms with E-state index in [9.17, 15) is 4.79 Å². The predicted octanol–water partition coefficient (Wildman–Crippen LogP) is 3.94. The van der Waals surface area contributed by atoms with Crippen molar-refractivity contribution >= 4 is 29.3 Å². The number of rotatable bonds is 8. The van der Waals surface area contributed by atoms with E-state index in [2.05, 4.69) is 52.3 Å². The van der Waals surface area contributed by atoms with Gasteiger partial charge in [-0.25, -0.2) is 4.99 Å². The van der Waals surface area contributed by atoms with Crippen LogP contribution in [0, 0.1) is 6.92 Å². The fraction of sp³-hybridized carbons (Fsp3) is 0.364. The van der Waals surface area contributed by atoms with Crippen molar-refractivity contribution in [2.45, 2.75) is 38.8 Å². The van der Waals surface area contributed by atoms with Crippen LogP contribution in [0.2, 0.25) is 0 Å². The molecule has 6 nitrogen and oxygen atoms in total. The number of anilines is 1. The van der Waals surface area contributed by atoms with Gasteiger partial charge >= 0.3 is 0 Å². The summed E-state index contributed by atoms with van der Waals surface area (Å²) in [6.07, 6.45) is 2.09. The lowest BCUT2D eigenvalue weighted by atomic mass is 10.1. The lowest BCUT2D eigenvalue weighted by Gasteiger charge is -2.14. The first-order chi connectivity index (χ1) is 14.0. The van der Waals surface area contributed by atoms with Gasteiger partial charge in [-0.3, -0.25) is 4.79 Å². The van der Waals surface area contributed by atoms with Crippen molar-refractivity contribution in [2.75, 3.05) is 25.2 Å². The Balaban J connectivity index is 2.12. The molecule has 3 N–H and O–H groups in total. The third kappa shape index (κ3) is 7.02. The van der Waals surface area contributed by atoms with Crippen LogP contribution >= 0.6 is 11.8 Å². The molecule has 2 rings (SSSR count). The average Bonchev–Trinajstić information content (AvgIpc) is 2.70. The van der Waals surface area contributed by atoms with Crippen LogP contribution < -0.4 is 20.7 Å². The fourth-order valence-electron chi connectivity index (χ4n) is 2.83. The van der Waals surface area contributed by atoms with E-state index < -0.39 is 0 Å². The zero-order valence-electron chi connectivity index (χ0n) is 17.8. The summed E-state index contributed by atoms with van der Waals surface area (Å²) in [4.78, 5) is 17.4. The molecule has 29 heavy (non-hydrogen) atoms. The molecule has 7 heteroatoms. The minimum Gasteiger partial charge on any atom is -0.495 e. The van der Waals surface area contributed by atoms with Gasteiger partial charge in [-0.15, -0.1) is 11.8 Å². The second-order valence-electron chi connectivity index (χ2n) is 6.58. The molecule has 2 aromatic rings. The Morgan fingerprint density at radius 1 is 1.17 bits per heavy atom. The molecule has 0 aliphatic heterocycles. The van der Waals surface area contributed by atoms with Gasteiger partial charge in [0.25, 0.3) is 0 Å². The first-order valence-corrected chi connectivity index (χ1v) is 10.8. The number of ether oxygens (including phenoxy) is 1. The first kappa shape index (κ1) is 22.6. The van der Waals surface area contributed by atoms with Gasteiger partial charge in [-0.05, 0) is 55.0 Å². The molecule has 0 aliphatic carbocycles. The van der Waals surface area contributed by atoms with Gasteiger partial charge in [-0.1, -0.05) is 18.2 Å². The predicted molar refractivity (Wildman–Crippen MR) is 122 cm³/mol. The third-order valence-electron chi connectivity index (χ3n) is 4.23. The summed E-state index contributed by atoms with van der Waals surface area (Å²) in [5.74, 6) is 1.24. The molecular weight excluding hydrogens is 384 g/mol. The molecule has 0 bridgehead atoms. The second kappa shape index (κ2) is 11.4. The van der Waals surface area contributed by atoms with Crippen molar-refractivity contribution in [3.8, 4) is 5.75 Å². The van der Waals surface area contributed by atoms with Crippen molar-refractivity contribution in [1.82, 2.24) is 10.6 Å². The van der Waals surface area contributed by atoms with Crippen LogP contribution in [-0.4, -0.2) is 31.8 Å². The Morgan fingerprint density at radius 3 is 2.62 bits per heavy atom. The number of nitrogens with one attached hydrogen (secondary N) is 3. The SMILES string of the molecule is CCNC(=NCc1ccc(OC)c(NC(C)=O)c1)NCc1ccc(C)cc1SC. The summed E-state index contributed by atoms with van der Waals surface area (Å²) in [6.45, 7) is 7.57. The van der Waals surface area contributed by atoms with E-state index in [1.807, 2.05) is 25.1 Å². The fourth-order valence-corrected chi connectivity index (χ4v) is 3.54. The molecule has 0 heterocycles. The van der Waals surface area contributed by atoms with E-state index in [0.717, 1.165) is 18.1 Å². The normalized spacial score (nSPS) is 11.1. The summed E-state index contributed by atoms with van der Waals surface area (Å²) >= 11 is 1.75. The molecule has 0 unspecified atom stereocenters. The molecule has 1 amide bonds. The van der Waals surface area contributed by atoms with Crippen LogP contribution in [0.5, 0.6) is 5.75 Å². The van der Waals surface area contributed by atoms with Crippen LogP contribution in [0.25, 0.3) is 0 Å². The molecule has 156 valence electrons. The Hall–Kier alpha value is -2.67. The number of hydrogen-bond donors (Lipinski definition) is 3. The van der Waals surface area contributed by atoms with Crippen LogP contribution in [0.1, 0.15) is 30.5 Å². The molecule has 0 saturated carbocycles. The summed E-state index contributed by atoms with van der Waals surface area (Å²) in [6, 6.07) is 12.2. The number of nitrogens with zero attached hydrogens (tertiary/aromatic N) is 1. The van der Waals surface area contributed by atoms with Gasteiger partial charge in [0.2, 0.25) is 5.91 Å². The highest BCUT2D eigenvalue weighted by molar-refractivity contribution is 7.98. The molecule has 0 aromatic heterocycles. The Labute approximate surface area is 177 Å². The van der Waals surface area contributed by atoms with Crippen molar-refractivity contribution in [3.05, 3.63) is 53.1 Å².